The Labute approximate surface area is 150 Å². The van der Waals surface area contributed by atoms with Crippen LogP contribution in [0.15, 0.2) is 59.0 Å². The lowest BCUT2D eigenvalue weighted by molar-refractivity contribution is 0.0595. The highest BCUT2D eigenvalue weighted by Crippen LogP contribution is 2.26. The summed E-state index contributed by atoms with van der Waals surface area (Å²) in [7, 11) is 1.24. The minimum Gasteiger partial charge on any atom is -0.464 e. The van der Waals surface area contributed by atoms with Crippen molar-refractivity contribution in [3.05, 3.63) is 71.4 Å². The van der Waals surface area contributed by atoms with Gasteiger partial charge in [-0.2, -0.15) is 4.98 Å². The number of aryl methyl sites for hydroxylation is 1. The van der Waals surface area contributed by atoms with Gasteiger partial charge < -0.3 is 9.15 Å². The van der Waals surface area contributed by atoms with Crippen LogP contribution in [0.2, 0.25) is 0 Å². The zero-order chi connectivity index (χ0) is 18.5. The first-order chi connectivity index (χ1) is 12.6. The lowest BCUT2D eigenvalue weighted by atomic mass is 10.1. The van der Waals surface area contributed by atoms with Crippen LogP contribution in [0, 0.1) is 6.92 Å². The van der Waals surface area contributed by atoms with Crippen LogP contribution in [0.1, 0.15) is 26.4 Å². The molecule has 1 aromatic heterocycles. The van der Waals surface area contributed by atoms with Crippen molar-refractivity contribution in [3.63, 3.8) is 0 Å². The van der Waals surface area contributed by atoms with Gasteiger partial charge >= 0.3 is 5.97 Å². The van der Waals surface area contributed by atoms with Crippen LogP contribution in [0.5, 0.6) is 0 Å². The fraction of sp³-hybridized carbons (Fsp3) is 0.105. The van der Waals surface area contributed by atoms with E-state index >= 15 is 0 Å². The molecular weight excluding hydrogens is 334 g/mol. The summed E-state index contributed by atoms with van der Waals surface area (Å²) in [5, 5.41) is 0. The molecule has 0 aliphatic heterocycles. The van der Waals surface area contributed by atoms with Crippen molar-refractivity contribution in [2.75, 3.05) is 12.5 Å². The second-order valence-electron chi connectivity index (χ2n) is 5.50. The fourth-order valence-corrected chi connectivity index (χ4v) is 2.23. The average Bonchev–Trinajstić information content (AvgIpc) is 3.11. The molecule has 1 amide bonds. The maximum atomic E-state index is 12.1. The highest BCUT2D eigenvalue weighted by Gasteiger charge is 2.22. The van der Waals surface area contributed by atoms with Crippen LogP contribution in [-0.2, 0) is 4.74 Å². The second kappa shape index (κ2) is 7.52. The Bertz CT molecular complexity index is 918. The number of nitrogens with zero attached hydrogens (tertiary/aromatic N) is 1. The molecule has 2 aromatic carbocycles. The third-order valence-corrected chi connectivity index (χ3v) is 3.63. The zero-order valence-corrected chi connectivity index (χ0v) is 14.3. The van der Waals surface area contributed by atoms with Crippen LogP contribution >= 0.6 is 0 Å². The Morgan fingerprint density at radius 3 is 2.38 bits per heavy atom. The van der Waals surface area contributed by atoms with Crippen LogP contribution in [0.4, 0.5) is 5.88 Å². The number of methoxy groups -OCH3 is 1. The topological polar surface area (TPSA) is 93.5 Å². The number of carbonyl (C=O) groups is 2. The van der Waals surface area contributed by atoms with Crippen LogP contribution in [-0.4, -0.2) is 24.0 Å². The number of esters is 1. The summed E-state index contributed by atoms with van der Waals surface area (Å²) < 4.78 is 10.3. The molecule has 0 atom stereocenters. The number of hydrogen-bond acceptors (Lipinski definition) is 6. The number of benzene rings is 2. The number of ether oxygens (including phenoxy) is 1. The van der Waals surface area contributed by atoms with Gasteiger partial charge in [-0.25, -0.2) is 4.79 Å². The number of amides is 1. The van der Waals surface area contributed by atoms with E-state index in [1.807, 2.05) is 37.3 Å². The molecule has 7 nitrogen and oxygen atoms in total. The molecular formula is C19H17N3O4. The average molecular weight is 351 g/mol. The lowest BCUT2D eigenvalue weighted by Gasteiger charge is -2.06. The van der Waals surface area contributed by atoms with Gasteiger partial charge in [-0.05, 0) is 31.2 Å². The van der Waals surface area contributed by atoms with E-state index in [1.54, 1.807) is 24.3 Å². The minimum absolute atomic E-state index is 0.00305. The van der Waals surface area contributed by atoms with Crippen molar-refractivity contribution in [2.24, 2.45) is 0 Å². The molecule has 132 valence electrons. The standard InChI is InChI=1S/C19H17N3O4/c1-12-8-10-14(11-9-12)17-20-15(19(24)25-2)18(26-17)22-21-16(23)13-6-4-3-5-7-13/h3-11,22H,1-2H3,(H,21,23). The van der Waals surface area contributed by atoms with Gasteiger partial charge in [0.05, 0.1) is 7.11 Å². The van der Waals surface area contributed by atoms with Crippen molar-refractivity contribution in [2.45, 2.75) is 6.92 Å². The van der Waals surface area contributed by atoms with Crippen LogP contribution < -0.4 is 10.9 Å². The third-order valence-electron chi connectivity index (χ3n) is 3.63. The van der Waals surface area contributed by atoms with E-state index in [0.717, 1.165) is 5.56 Å². The van der Waals surface area contributed by atoms with E-state index in [0.29, 0.717) is 11.1 Å². The van der Waals surface area contributed by atoms with Gasteiger partial charge in [-0.1, -0.05) is 35.9 Å². The molecule has 26 heavy (non-hydrogen) atoms. The van der Waals surface area contributed by atoms with Crippen molar-refractivity contribution in [3.8, 4) is 11.5 Å². The van der Waals surface area contributed by atoms with E-state index in [2.05, 4.69) is 15.8 Å². The highest BCUT2D eigenvalue weighted by molar-refractivity contribution is 5.96. The Balaban J connectivity index is 1.84. The number of oxazole rings is 1. The maximum Gasteiger partial charge on any atom is 0.362 e. The molecule has 2 N–H and O–H groups in total. The van der Waals surface area contributed by atoms with E-state index in [-0.39, 0.29) is 23.4 Å². The van der Waals surface area contributed by atoms with Gasteiger partial charge in [0.1, 0.15) is 0 Å². The van der Waals surface area contributed by atoms with Gasteiger partial charge in [0.15, 0.2) is 0 Å². The van der Waals surface area contributed by atoms with E-state index in [4.69, 9.17) is 9.15 Å². The molecule has 0 aliphatic carbocycles. The summed E-state index contributed by atoms with van der Waals surface area (Å²) in [4.78, 5) is 28.3. The first-order valence-corrected chi connectivity index (χ1v) is 7.86. The summed E-state index contributed by atoms with van der Waals surface area (Å²) in [5.41, 5.74) is 7.26. The van der Waals surface area contributed by atoms with Crippen molar-refractivity contribution >= 4 is 17.8 Å². The first kappa shape index (κ1) is 17.2. The lowest BCUT2D eigenvalue weighted by Crippen LogP contribution is -2.29. The molecule has 7 heteroatoms. The Morgan fingerprint density at radius 1 is 1.04 bits per heavy atom. The fourth-order valence-electron chi connectivity index (χ4n) is 2.23. The molecule has 0 radical (unpaired) electrons. The SMILES string of the molecule is COC(=O)c1nc(-c2ccc(C)cc2)oc1NNC(=O)c1ccccc1. The molecule has 3 rings (SSSR count). The largest absolute Gasteiger partial charge is 0.464 e. The van der Waals surface area contributed by atoms with Gasteiger partial charge in [-0.3, -0.25) is 15.6 Å². The number of rotatable bonds is 5. The molecule has 0 saturated carbocycles. The van der Waals surface area contributed by atoms with E-state index < -0.39 is 5.97 Å². The number of carbonyl (C=O) groups excluding carboxylic acids is 2. The third kappa shape index (κ3) is 3.72. The quantitative estimate of drug-likeness (QED) is 0.542. The summed E-state index contributed by atoms with van der Waals surface area (Å²) in [6.07, 6.45) is 0. The summed E-state index contributed by atoms with van der Waals surface area (Å²) in [6.45, 7) is 1.96. The van der Waals surface area contributed by atoms with Gasteiger partial charge in [-0.15, -0.1) is 0 Å². The second-order valence-corrected chi connectivity index (χ2v) is 5.50. The predicted molar refractivity (Wildman–Crippen MR) is 95.5 cm³/mol. The molecule has 0 unspecified atom stereocenters. The monoisotopic (exact) mass is 351 g/mol. The number of aromatic nitrogens is 1. The molecule has 0 bridgehead atoms. The zero-order valence-electron chi connectivity index (χ0n) is 14.3. The molecule has 3 aromatic rings. The predicted octanol–water partition coefficient (Wildman–Crippen LogP) is 3.19. The number of anilines is 1. The Morgan fingerprint density at radius 2 is 1.73 bits per heavy atom. The number of hydrazine groups is 1. The maximum absolute atomic E-state index is 12.1. The number of hydrogen-bond donors (Lipinski definition) is 2. The van der Waals surface area contributed by atoms with Crippen LogP contribution in [0.25, 0.3) is 11.5 Å². The highest BCUT2D eigenvalue weighted by atomic mass is 16.5. The normalized spacial score (nSPS) is 10.2. The van der Waals surface area contributed by atoms with Crippen molar-refractivity contribution < 1.29 is 18.7 Å². The molecule has 1 heterocycles. The molecule has 0 spiro atoms. The minimum atomic E-state index is -0.677. The summed E-state index contributed by atoms with van der Waals surface area (Å²) in [6, 6.07) is 16.1. The summed E-state index contributed by atoms with van der Waals surface area (Å²) in [5.74, 6) is -0.822. The molecule has 0 saturated heterocycles. The van der Waals surface area contributed by atoms with E-state index in [1.165, 1.54) is 7.11 Å². The van der Waals surface area contributed by atoms with E-state index in [9.17, 15) is 9.59 Å². The molecule has 0 aliphatic rings. The van der Waals surface area contributed by atoms with Gasteiger partial charge in [0.2, 0.25) is 17.5 Å². The van der Waals surface area contributed by atoms with Crippen molar-refractivity contribution in [1.82, 2.24) is 10.4 Å². The van der Waals surface area contributed by atoms with Crippen LogP contribution in [0.3, 0.4) is 0 Å². The first-order valence-electron chi connectivity index (χ1n) is 7.86. The Kier molecular flexibility index (Phi) is 4.98. The Hall–Kier alpha value is -3.61. The number of nitrogens with one attached hydrogen (secondary N) is 2. The summed E-state index contributed by atoms with van der Waals surface area (Å²) >= 11 is 0. The van der Waals surface area contributed by atoms with Gasteiger partial charge in [0.25, 0.3) is 5.91 Å². The smallest absolute Gasteiger partial charge is 0.362 e. The van der Waals surface area contributed by atoms with Crippen molar-refractivity contribution in [1.29, 1.82) is 0 Å². The van der Waals surface area contributed by atoms with Gasteiger partial charge in [0, 0.05) is 11.1 Å². The molecule has 0 fully saturated rings.